The van der Waals surface area contributed by atoms with Crippen molar-refractivity contribution in [2.75, 3.05) is 18.6 Å². The van der Waals surface area contributed by atoms with Gasteiger partial charge in [-0.05, 0) is 30.7 Å². The molecule has 0 radical (unpaired) electrons. The predicted molar refractivity (Wildman–Crippen MR) is 67.1 cm³/mol. The molecule has 1 N–H and O–H groups in total. The van der Waals surface area contributed by atoms with Gasteiger partial charge < -0.3 is 5.32 Å². The molecule has 1 aromatic rings. The maximum Gasteiger partial charge on any atom is 0.147 e. The molecule has 0 bridgehead atoms. The van der Waals surface area contributed by atoms with E-state index >= 15 is 0 Å². The molecule has 0 heterocycles. The van der Waals surface area contributed by atoms with Gasteiger partial charge in [-0.3, -0.25) is 0 Å². The first-order chi connectivity index (χ1) is 7.92. The molecule has 0 aliphatic rings. The van der Waals surface area contributed by atoms with Crippen LogP contribution in [-0.2, 0) is 9.84 Å². The minimum absolute atomic E-state index is 0.0460. The predicted octanol–water partition coefficient (Wildman–Crippen LogP) is 1.91. The van der Waals surface area contributed by atoms with Gasteiger partial charge in [0.1, 0.15) is 15.7 Å². The van der Waals surface area contributed by atoms with E-state index in [2.05, 4.69) is 5.32 Å². The van der Waals surface area contributed by atoms with Gasteiger partial charge in [0.25, 0.3) is 0 Å². The summed E-state index contributed by atoms with van der Waals surface area (Å²) in [5.74, 6) is -0.158. The van der Waals surface area contributed by atoms with Crippen LogP contribution in [0.5, 0.6) is 0 Å². The third kappa shape index (κ3) is 5.28. The fraction of sp³-hybridized carbons (Fsp3) is 0.500. The number of halogens is 1. The fourth-order valence-electron chi connectivity index (χ4n) is 1.66. The van der Waals surface area contributed by atoms with Gasteiger partial charge >= 0.3 is 0 Å². The Kier molecular flexibility index (Phi) is 5.08. The van der Waals surface area contributed by atoms with Crippen molar-refractivity contribution < 1.29 is 12.8 Å². The maximum atomic E-state index is 12.8. The third-order valence-corrected chi connectivity index (χ3v) is 3.48. The number of hydrogen-bond acceptors (Lipinski definition) is 3. The van der Waals surface area contributed by atoms with Crippen molar-refractivity contribution in [1.82, 2.24) is 5.32 Å². The van der Waals surface area contributed by atoms with Crippen LogP contribution in [0.25, 0.3) is 0 Å². The molecule has 0 amide bonds. The Labute approximate surface area is 102 Å². The lowest BCUT2D eigenvalue weighted by Crippen LogP contribution is -2.23. The Morgan fingerprint density at radius 3 is 2.35 bits per heavy atom. The van der Waals surface area contributed by atoms with E-state index in [1.165, 1.54) is 18.4 Å². The Morgan fingerprint density at radius 1 is 1.29 bits per heavy atom. The zero-order valence-electron chi connectivity index (χ0n) is 10.1. The highest BCUT2D eigenvalue weighted by Crippen LogP contribution is 2.17. The van der Waals surface area contributed by atoms with Crippen molar-refractivity contribution in [3.63, 3.8) is 0 Å². The molecule has 0 fully saturated rings. The largest absolute Gasteiger partial charge is 0.310 e. The maximum absolute atomic E-state index is 12.8. The first-order valence-electron chi connectivity index (χ1n) is 5.59. The van der Waals surface area contributed by atoms with E-state index in [1.54, 1.807) is 12.1 Å². The summed E-state index contributed by atoms with van der Waals surface area (Å²) in [6.07, 6.45) is 1.72. The zero-order valence-corrected chi connectivity index (χ0v) is 10.9. The van der Waals surface area contributed by atoms with Crippen LogP contribution < -0.4 is 5.32 Å². The number of nitrogens with one attached hydrogen (secondary N) is 1. The number of rotatable bonds is 6. The topological polar surface area (TPSA) is 46.2 Å². The molecule has 1 rings (SSSR count). The van der Waals surface area contributed by atoms with E-state index in [1.807, 2.05) is 6.92 Å². The Balaban J connectivity index is 2.75. The summed E-state index contributed by atoms with van der Waals surface area (Å²) in [6, 6.07) is 6.10. The molecule has 1 atom stereocenters. The second kappa shape index (κ2) is 6.12. The van der Waals surface area contributed by atoms with Crippen LogP contribution in [0.15, 0.2) is 24.3 Å². The van der Waals surface area contributed by atoms with E-state index < -0.39 is 9.84 Å². The van der Waals surface area contributed by atoms with Gasteiger partial charge in [-0.15, -0.1) is 0 Å². The van der Waals surface area contributed by atoms with Crippen molar-refractivity contribution in [3.8, 4) is 0 Å². The molecule has 0 aliphatic heterocycles. The smallest absolute Gasteiger partial charge is 0.147 e. The molecular weight excluding hydrogens is 241 g/mol. The minimum atomic E-state index is -2.97. The monoisotopic (exact) mass is 259 g/mol. The summed E-state index contributed by atoms with van der Waals surface area (Å²) in [5.41, 5.74) is 0.914. The first kappa shape index (κ1) is 14.1. The van der Waals surface area contributed by atoms with Crippen molar-refractivity contribution in [1.29, 1.82) is 0 Å². The molecule has 0 spiro atoms. The summed E-state index contributed by atoms with van der Waals surface area (Å²) in [5, 5.41) is 3.20. The van der Waals surface area contributed by atoms with Crippen molar-refractivity contribution in [2.24, 2.45) is 0 Å². The quantitative estimate of drug-likeness (QED) is 0.849. The van der Waals surface area contributed by atoms with Gasteiger partial charge in [0.05, 0.1) is 5.75 Å². The lowest BCUT2D eigenvalue weighted by Gasteiger charge is -2.17. The summed E-state index contributed by atoms with van der Waals surface area (Å²) < 4.78 is 35.1. The number of sulfone groups is 1. The molecule has 1 unspecified atom stereocenters. The molecule has 0 saturated carbocycles. The van der Waals surface area contributed by atoms with E-state index in [0.717, 1.165) is 12.1 Å². The van der Waals surface area contributed by atoms with Crippen LogP contribution in [0.1, 0.15) is 24.9 Å². The number of hydrogen-bond donors (Lipinski definition) is 1. The van der Waals surface area contributed by atoms with E-state index in [0.29, 0.717) is 6.42 Å². The number of benzene rings is 1. The van der Waals surface area contributed by atoms with Crippen molar-refractivity contribution in [3.05, 3.63) is 35.6 Å². The van der Waals surface area contributed by atoms with Crippen LogP contribution in [0.4, 0.5) is 4.39 Å². The van der Waals surface area contributed by atoms with Crippen LogP contribution in [0.3, 0.4) is 0 Å². The standard InChI is InChI=1S/C12H18FNO2S/c1-3-14-12(8-9-17(2,15)16)10-4-6-11(13)7-5-10/h4-7,12,14H,3,8-9H2,1-2H3. The highest BCUT2D eigenvalue weighted by Gasteiger charge is 2.13. The molecule has 0 saturated heterocycles. The zero-order chi connectivity index (χ0) is 12.9. The summed E-state index contributed by atoms with van der Waals surface area (Å²) in [6.45, 7) is 2.70. The Bertz CT molecular complexity index is 442. The molecule has 3 nitrogen and oxygen atoms in total. The fourth-order valence-corrected chi connectivity index (χ4v) is 2.32. The molecule has 0 aromatic heterocycles. The molecule has 1 aromatic carbocycles. The SMILES string of the molecule is CCNC(CCS(C)(=O)=O)c1ccc(F)cc1. The lowest BCUT2D eigenvalue weighted by atomic mass is 10.0. The average molecular weight is 259 g/mol. The first-order valence-corrected chi connectivity index (χ1v) is 7.65. The van der Waals surface area contributed by atoms with Gasteiger partial charge in [0.2, 0.25) is 0 Å². The van der Waals surface area contributed by atoms with Crippen LogP contribution in [0.2, 0.25) is 0 Å². The van der Waals surface area contributed by atoms with Gasteiger partial charge in [-0.2, -0.15) is 0 Å². The van der Waals surface area contributed by atoms with Crippen LogP contribution in [-0.4, -0.2) is 27.0 Å². The Hall–Kier alpha value is -0.940. The van der Waals surface area contributed by atoms with Crippen molar-refractivity contribution >= 4 is 9.84 Å². The van der Waals surface area contributed by atoms with Crippen LogP contribution in [0, 0.1) is 5.82 Å². The lowest BCUT2D eigenvalue weighted by molar-refractivity contribution is 0.528. The molecule has 0 aliphatic carbocycles. The summed E-state index contributed by atoms with van der Waals surface area (Å²) in [7, 11) is -2.97. The third-order valence-electron chi connectivity index (χ3n) is 2.50. The minimum Gasteiger partial charge on any atom is -0.310 e. The summed E-state index contributed by atoms with van der Waals surface area (Å²) in [4.78, 5) is 0. The highest BCUT2D eigenvalue weighted by atomic mass is 32.2. The Morgan fingerprint density at radius 2 is 1.88 bits per heavy atom. The second-order valence-electron chi connectivity index (χ2n) is 4.08. The molecule has 96 valence electrons. The van der Waals surface area contributed by atoms with Gasteiger partial charge in [0.15, 0.2) is 0 Å². The average Bonchev–Trinajstić information content (AvgIpc) is 2.24. The van der Waals surface area contributed by atoms with Crippen LogP contribution >= 0.6 is 0 Å². The van der Waals surface area contributed by atoms with Gasteiger partial charge in [-0.1, -0.05) is 19.1 Å². The molecule has 17 heavy (non-hydrogen) atoms. The summed E-state index contributed by atoms with van der Waals surface area (Å²) >= 11 is 0. The van der Waals surface area contributed by atoms with E-state index in [4.69, 9.17) is 0 Å². The van der Waals surface area contributed by atoms with Crippen molar-refractivity contribution in [2.45, 2.75) is 19.4 Å². The van der Waals surface area contributed by atoms with E-state index in [-0.39, 0.29) is 17.6 Å². The second-order valence-corrected chi connectivity index (χ2v) is 6.34. The van der Waals surface area contributed by atoms with E-state index in [9.17, 15) is 12.8 Å². The normalized spacial score (nSPS) is 13.6. The highest BCUT2D eigenvalue weighted by molar-refractivity contribution is 7.90. The molecule has 5 heteroatoms. The van der Waals surface area contributed by atoms with Gasteiger partial charge in [-0.25, -0.2) is 12.8 Å². The van der Waals surface area contributed by atoms with Gasteiger partial charge in [0, 0.05) is 12.3 Å². The molecular formula is C12H18FNO2S.